The molecule has 2 heterocycles. The minimum Gasteiger partial charge on any atom is -0.368 e. The maximum Gasteiger partial charge on any atom is 0.257 e. The summed E-state index contributed by atoms with van der Waals surface area (Å²) in [4.78, 5) is 12.4. The zero-order chi connectivity index (χ0) is 14.7. The average Bonchev–Trinajstić information content (AvgIpc) is 2.93. The Balaban J connectivity index is 1.78. The topological polar surface area (TPSA) is 86.5 Å². The molecule has 1 fully saturated rings. The van der Waals surface area contributed by atoms with Gasteiger partial charge in [0.15, 0.2) is 11.9 Å². The van der Waals surface area contributed by atoms with Crippen molar-refractivity contribution in [2.24, 2.45) is 0 Å². The van der Waals surface area contributed by atoms with Crippen molar-refractivity contribution in [3.05, 3.63) is 41.6 Å². The first-order valence-corrected chi connectivity index (χ1v) is 6.64. The summed E-state index contributed by atoms with van der Waals surface area (Å²) in [5.74, 6) is -0.0386. The van der Waals surface area contributed by atoms with E-state index in [0.717, 1.165) is 5.56 Å². The number of ether oxygens (including phenoxy) is 2. The molecule has 7 nitrogen and oxygen atoms in total. The van der Waals surface area contributed by atoms with E-state index in [9.17, 15) is 4.79 Å². The molecule has 1 N–H and O–H groups in total. The number of nitrogens with zero attached hydrogens (tertiary/aromatic N) is 2. The molecule has 0 saturated carbocycles. The van der Waals surface area contributed by atoms with Gasteiger partial charge in [0, 0.05) is 0 Å². The van der Waals surface area contributed by atoms with Crippen LogP contribution in [0.25, 0.3) is 0 Å². The Morgan fingerprint density at radius 3 is 2.67 bits per heavy atom. The molecule has 1 amide bonds. The van der Waals surface area contributed by atoms with Crippen molar-refractivity contribution in [2.45, 2.75) is 19.1 Å². The molecule has 1 aromatic heterocycles. The third-order valence-electron chi connectivity index (χ3n) is 3.23. The maximum atomic E-state index is 12.4. The van der Waals surface area contributed by atoms with Crippen LogP contribution in [0.4, 0.5) is 5.82 Å². The van der Waals surface area contributed by atoms with Crippen molar-refractivity contribution in [3.8, 4) is 0 Å². The SMILES string of the molecule is Cc1nonc1NC(=O)[C@@H]1OCCO[C@@H]1c1ccccc1. The van der Waals surface area contributed by atoms with E-state index in [1.165, 1.54) is 0 Å². The van der Waals surface area contributed by atoms with Crippen LogP contribution in [0.2, 0.25) is 0 Å². The highest BCUT2D eigenvalue weighted by Gasteiger charge is 2.34. The van der Waals surface area contributed by atoms with Crippen molar-refractivity contribution in [2.75, 3.05) is 18.5 Å². The molecule has 7 heteroatoms. The fourth-order valence-corrected chi connectivity index (χ4v) is 2.18. The first-order valence-electron chi connectivity index (χ1n) is 6.64. The summed E-state index contributed by atoms with van der Waals surface area (Å²) in [5, 5.41) is 9.90. The average molecular weight is 289 g/mol. The number of amides is 1. The van der Waals surface area contributed by atoms with E-state index in [4.69, 9.17) is 9.47 Å². The van der Waals surface area contributed by atoms with Gasteiger partial charge in [0.2, 0.25) is 0 Å². The summed E-state index contributed by atoms with van der Waals surface area (Å²) in [6.07, 6.45) is -1.18. The first kappa shape index (κ1) is 13.7. The summed E-state index contributed by atoms with van der Waals surface area (Å²) >= 11 is 0. The fourth-order valence-electron chi connectivity index (χ4n) is 2.18. The molecule has 1 aliphatic rings. The summed E-state index contributed by atoms with van der Waals surface area (Å²) in [7, 11) is 0. The van der Waals surface area contributed by atoms with Crippen LogP contribution in [0.3, 0.4) is 0 Å². The molecule has 2 aromatic rings. The largest absolute Gasteiger partial charge is 0.368 e. The van der Waals surface area contributed by atoms with Crippen LogP contribution in [-0.2, 0) is 14.3 Å². The van der Waals surface area contributed by atoms with Gasteiger partial charge in [-0.1, -0.05) is 35.5 Å². The van der Waals surface area contributed by atoms with Crippen LogP contribution in [0, 0.1) is 6.92 Å². The lowest BCUT2D eigenvalue weighted by atomic mass is 10.0. The maximum absolute atomic E-state index is 12.4. The monoisotopic (exact) mass is 289 g/mol. The van der Waals surface area contributed by atoms with E-state index < -0.39 is 12.2 Å². The zero-order valence-corrected chi connectivity index (χ0v) is 11.5. The summed E-state index contributed by atoms with van der Waals surface area (Å²) < 4.78 is 15.8. The quantitative estimate of drug-likeness (QED) is 0.920. The number of hydrogen-bond donors (Lipinski definition) is 1. The smallest absolute Gasteiger partial charge is 0.257 e. The van der Waals surface area contributed by atoms with Gasteiger partial charge in [0.1, 0.15) is 11.8 Å². The van der Waals surface area contributed by atoms with Gasteiger partial charge in [0.25, 0.3) is 5.91 Å². The highest BCUT2D eigenvalue weighted by atomic mass is 16.6. The van der Waals surface area contributed by atoms with Gasteiger partial charge >= 0.3 is 0 Å². The van der Waals surface area contributed by atoms with E-state index in [1.54, 1.807) is 6.92 Å². The summed E-state index contributed by atoms with van der Waals surface area (Å²) in [5.41, 5.74) is 1.41. The predicted octanol–water partition coefficient (Wildman–Crippen LogP) is 1.47. The molecule has 0 unspecified atom stereocenters. The van der Waals surface area contributed by atoms with Crippen LogP contribution in [-0.4, -0.2) is 35.5 Å². The minimum absolute atomic E-state index is 0.293. The Morgan fingerprint density at radius 1 is 1.19 bits per heavy atom. The number of carbonyl (C=O) groups excluding carboxylic acids is 1. The Labute approximate surface area is 121 Å². The first-order chi connectivity index (χ1) is 10.3. The second kappa shape index (κ2) is 6.02. The zero-order valence-electron chi connectivity index (χ0n) is 11.5. The fraction of sp³-hybridized carbons (Fsp3) is 0.357. The predicted molar refractivity (Wildman–Crippen MR) is 72.5 cm³/mol. The lowest BCUT2D eigenvalue weighted by Crippen LogP contribution is -2.41. The van der Waals surface area contributed by atoms with Gasteiger partial charge in [-0.2, -0.15) is 0 Å². The summed E-state index contributed by atoms with van der Waals surface area (Å²) in [6.45, 7) is 2.52. The number of nitrogens with one attached hydrogen (secondary N) is 1. The number of benzene rings is 1. The molecule has 3 rings (SSSR count). The Kier molecular flexibility index (Phi) is 3.94. The van der Waals surface area contributed by atoms with E-state index in [1.807, 2.05) is 30.3 Å². The molecule has 1 aromatic carbocycles. The highest BCUT2D eigenvalue weighted by molar-refractivity contribution is 5.94. The number of carbonyl (C=O) groups is 1. The summed E-state index contributed by atoms with van der Waals surface area (Å²) in [6, 6.07) is 9.51. The molecule has 1 saturated heterocycles. The number of hydrogen-bond acceptors (Lipinski definition) is 6. The molecule has 110 valence electrons. The van der Waals surface area contributed by atoms with Gasteiger partial charge < -0.3 is 14.8 Å². The van der Waals surface area contributed by atoms with Gasteiger partial charge in [-0.3, -0.25) is 4.79 Å². The third-order valence-corrected chi connectivity index (χ3v) is 3.23. The molecule has 0 spiro atoms. The Hall–Kier alpha value is -2.25. The van der Waals surface area contributed by atoms with E-state index in [2.05, 4.69) is 20.3 Å². The van der Waals surface area contributed by atoms with Crippen molar-refractivity contribution in [1.82, 2.24) is 10.3 Å². The van der Waals surface area contributed by atoms with Gasteiger partial charge in [-0.05, 0) is 17.6 Å². The lowest BCUT2D eigenvalue weighted by molar-refractivity contribution is -0.162. The number of anilines is 1. The van der Waals surface area contributed by atoms with E-state index in [0.29, 0.717) is 24.7 Å². The van der Waals surface area contributed by atoms with Gasteiger partial charge in [0.05, 0.1) is 13.2 Å². The molecule has 0 bridgehead atoms. The second-order valence-corrected chi connectivity index (χ2v) is 4.68. The van der Waals surface area contributed by atoms with Crippen molar-refractivity contribution < 1.29 is 18.9 Å². The van der Waals surface area contributed by atoms with Gasteiger partial charge in [-0.25, -0.2) is 4.63 Å². The van der Waals surface area contributed by atoms with Crippen LogP contribution in [0.15, 0.2) is 35.0 Å². The standard InChI is InChI=1S/C14H15N3O4/c1-9-13(17-21-16-9)15-14(18)12-11(19-7-8-20-12)10-5-3-2-4-6-10/h2-6,11-12H,7-8H2,1H3,(H,15,17,18)/t11-,12-/m1/s1. The Morgan fingerprint density at radius 2 is 1.95 bits per heavy atom. The van der Waals surface area contributed by atoms with Crippen molar-refractivity contribution >= 4 is 11.7 Å². The van der Waals surface area contributed by atoms with Crippen molar-refractivity contribution in [3.63, 3.8) is 0 Å². The molecule has 0 aliphatic carbocycles. The second-order valence-electron chi connectivity index (χ2n) is 4.68. The molecule has 21 heavy (non-hydrogen) atoms. The third kappa shape index (κ3) is 2.93. The van der Waals surface area contributed by atoms with Crippen LogP contribution in [0.5, 0.6) is 0 Å². The number of rotatable bonds is 3. The molecular weight excluding hydrogens is 274 g/mol. The van der Waals surface area contributed by atoms with E-state index >= 15 is 0 Å². The van der Waals surface area contributed by atoms with Crippen molar-refractivity contribution in [1.29, 1.82) is 0 Å². The normalized spacial score (nSPS) is 22.0. The van der Waals surface area contributed by atoms with Crippen LogP contribution < -0.4 is 5.32 Å². The lowest BCUT2D eigenvalue weighted by Gasteiger charge is -2.31. The highest BCUT2D eigenvalue weighted by Crippen LogP contribution is 2.27. The number of aromatic nitrogens is 2. The molecule has 1 aliphatic heterocycles. The molecule has 0 radical (unpaired) electrons. The van der Waals surface area contributed by atoms with Gasteiger partial charge in [-0.15, -0.1) is 0 Å². The number of aryl methyl sites for hydroxylation is 1. The van der Waals surface area contributed by atoms with E-state index in [-0.39, 0.29) is 5.91 Å². The Bertz CT molecular complexity index is 614. The molecular formula is C14H15N3O4. The van der Waals surface area contributed by atoms with Crippen LogP contribution in [0.1, 0.15) is 17.4 Å². The van der Waals surface area contributed by atoms with Crippen LogP contribution >= 0.6 is 0 Å². The molecule has 2 atom stereocenters. The minimum atomic E-state index is -0.739.